The molecule has 1 aliphatic rings. The van der Waals surface area contributed by atoms with Gasteiger partial charge in [0.05, 0.1) is 6.04 Å². The van der Waals surface area contributed by atoms with E-state index in [1.54, 1.807) is 0 Å². The molecule has 1 aliphatic heterocycles. The van der Waals surface area contributed by atoms with Crippen LogP contribution in [0, 0.1) is 6.92 Å². The third kappa shape index (κ3) is 5.01. The van der Waals surface area contributed by atoms with E-state index in [1.807, 2.05) is 24.3 Å². The van der Waals surface area contributed by atoms with Crippen molar-refractivity contribution in [3.63, 3.8) is 0 Å². The molecule has 1 saturated heterocycles. The van der Waals surface area contributed by atoms with E-state index in [4.69, 9.17) is 5.73 Å². The number of carbonyl (C=O) groups is 1. The molecule has 1 amide bonds. The summed E-state index contributed by atoms with van der Waals surface area (Å²) in [6.07, 6.45) is 5.79. The van der Waals surface area contributed by atoms with Crippen LogP contribution in [0.2, 0.25) is 0 Å². The SMILES string of the molecule is Cc1cccc(C2CCCCCN2C(=O)CCc2ccccc2N)c1.Cl. The predicted molar refractivity (Wildman–Crippen MR) is 111 cm³/mol. The lowest BCUT2D eigenvalue weighted by molar-refractivity contribution is -0.133. The number of likely N-dealkylation sites (tertiary alicyclic amines) is 1. The number of nitrogens with zero attached hydrogens (tertiary/aromatic N) is 1. The molecule has 3 nitrogen and oxygen atoms in total. The van der Waals surface area contributed by atoms with Crippen molar-refractivity contribution in [3.05, 3.63) is 65.2 Å². The summed E-state index contributed by atoms with van der Waals surface area (Å²) in [5.41, 5.74) is 10.4. The zero-order chi connectivity index (χ0) is 17.6. The highest BCUT2D eigenvalue weighted by Gasteiger charge is 2.26. The molecule has 3 rings (SSSR count). The summed E-state index contributed by atoms with van der Waals surface area (Å²) >= 11 is 0. The molecule has 140 valence electrons. The first-order chi connectivity index (χ1) is 12.1. The molecule has 1 heterocycles. The quantitative estimate of drug-likeness (QED) is 0.761. The summed E-state index contributed by atoms with van der Waals surface area (Å²) < 4.78 is 0. The number of anilines is 1. The van der Waals surface area contributed by atoms with Crippen LogP contribution in [0.15, 0.2) is 48.5 Å². The minimum atomic E-state index is 0. The maximum atomic E-state index is 13.0. The van der Waals surface area contributed by atoms with E-state index in [1.165, 1.54) is 24.0 Å². The maximum absolute atomic E-state index is 13.0. The molecule has 2 aromatic carbocycles. The van der Waals surface area contributed by atoms with Gasteiger partial charge in [-0.3, -0.25) is 4.79 Å². The number of hydrogen-bond acceptors (Lipinski definition) is 2. The molecule has 0 aromatic heterocycles. The minimum absolute atomic E-state index is 0. The Morgan fingerprint density at radius 1 is 1.12 bits per heavy atom. The van der Waals surface area contributed by atoms with Crippen molar-refractivity contribution < 1.29 is 4.79 Å². The number of hydrogen-bond donors (Lipinski definition) is 1. The fourth-order valence-corrected chi connectivity index (χ4v) is 3.78. The molecule has 4 heteroatoms. The highest BCUT2D eigenvalue weighted by molar-refractivity contribution is 5.85. The Bertz CT molecular complexity index is 732. The van der Waals surface area contributed by atoms with Gasteiger partial charge in [-0.05, 0) is 43.4 Å². The Hall–Kier alpha value is -2.00. The van der Waals surface area contributed by atoms with Gasteiger partial charge in [0, 0.05) is 18.7 Å². The molecule has 1 fully saturated rings. The average Bonchev–Trinajstić information content (AvgIpc) is 2.87. The molecule has 2 N–H and O–H groups in total. The summed E-state index contributed by atoms with van der Waals surface area (Å²) in [7, 11) is 0. The summed E-state index contributed by atoms with van der Waals surface area (Å²) in [6, 6.07) is 16.7. The van der Waals surface area contributed by atoms with Crippen molar-refractivity contribution in [2.24, 2.45) is 0 Å². The van der Waals surface area contributed by atoms with E-state index in [9.17, 15) is 4.79 Å². The fraction of sp³-hybridized carbons (Fsp3) is 0.409. The van der Waals surface area contributed by atoms with Gasteiger partial charge in [-0.1, -0.05) is 60.9 Å². The highest BCUT2D eigenvalue weighted by atomic mass is 35.5. The number of nitrogen functional groups attached to an aromatic ring is 1. The molecule has 26 heavy (non-hydrogen) atoms. The number of aryl methyl sites for hydroxylation is 2. The second-order valence-corrected chi connectivity index (χ2v) is 7.07. The lowest BCUT2D eigenvalue weighted by atomic mass is 9.98. The maximum Gasteiger partial charge on any atom is 0.223 e. The third-order valence-corrected chi connectivity index (χ3v) is 5.16. The van der Waals surface area contributed by atoms with Crippen LogP contribution in [-0.2, 0) is 11.2 Å². The van der Waals surface area contributed by atoms with Crippen molar-refractivity contribution in [3.8, 4) is 0 Å². The third-order valence-electron chi connectivity index (χ3n) is 5.16. The van der Waals surface area contributed by atoms with Gasteiger partial charge in [-0.25, -0.2) is 0 Å². The summed E-state index contributed by atoms with van der Waals surface area (Å²) in [6.45, 7) is 2.98. The Balaban J connectivity index is 0.00000243. The number of rotatable bonds is 4. The van der Waals surface area contributed by atoms with Crippen molar-refractivity contribution >= 4 is 24.0 Å². The van der Waals surface area contributed by atoms with Crippen LogP contribution in [0.4, 0.5) is 5.69 Å². The van der Waals surface area contributed by atoms with Crippen LogP contribution in [0.3, 0.4) is 0 Å². The first-order valence-electron chi connectivity index (χ1n) is 9.34. The zero-order valence-electron chi connectivity index (χ0n) is 15.5. The number of para-hydroxylation sites is 1. The van der Waals surface area contributed by atoms with Crippen molar-refractivity contribution in [2.45, 2.75) is 51.5 Å². The van der Waals surface area contributed by atoms with Gasteiger partial charge in [0.2, 0.25) is 5.91 Å². The van der Waals surface area contributed by atoms with Crippen LogP contribution in [0.5, 0.6) is 0 Å². The van der Waals surface area contributed by atoms with Gasteiger partial charge < -0.3 is 10.6 Å². The Labute approximate surface area is 163 Å². The van der Waals surface area contributed by atoms with Crippen LogP contribution >= 0.6 is 12.4 Å². The second kappa shape index (κ2) is 9.63. The van der Waals surface area contributed by atoms with Gasteiger partial charge in [0.15, 0.2) is 0 Å². The van der Waals surface area contributed by atoms with Crippen LogP contribution in [-0.4, -0.2) is 17.4 Å². The van der Waals surface area contributed by atoms with Crippen molar-refractivity contribution in [1.29, 1.82) is 0 Å². The fourth-order valence-electron chi connectivity index (χ4n) is 3.78. The molecule has 0 saturated carbocycles. The topological polar surface area (TPSA) is 46.3 Å². The normalized spacial score (nSPS) is 17.3. The van der Waals surface area contributed by atoms with Crippen LogP contribution in [0.25, 0.3) is 0 Å². The van der Waals surface area contributed by atoms with Crippen molar-refractivity contribution in [1.82, 2.24) is 4.90 Å². The lowest BCUT2D eigenvalue weighted by Crippen LogP contribution is -2.35. The van der Waals surface area contributed by atoms with Gasteiger partial charge in [-0.2, -0.15) is 0 Å². The summed E-state index contributed by atoms with van der Waals surface area (Å²) in [4.78, 5) is 15.1. The second-order valence-electron chi connectivity index (χ2n) is 7.07. The van der Waals surface area contributed by atoms with E-state index < -0.39 is 0 Å². The largest absolute Gasteiger partial charge is 0.399 e. The van der Waals surface area contributed by atoms with E-state index in [-0.39, 0.29) is 24.4 Å². The molecule has 0 radical (unpaired) electrons. The van der Waals surface area contributed by atoms with E-state index >= 15 is 0 Å². The van der Waals surface area contributed by atoms with Gasteiger partial charge in [0.1, 0.15) is 0 Å². The molecular weight excluding hydrogens is 344 g/mol. The molecule has 1 atom stereocenters. The number of carbonyl (C=O) groups excluding carboxylic acids is 1. The molecule has 0 aliphatic carbocycles. The molecule has 1 unspecified atom stereocenters. The van der Waals surface area contributed by atoms with Gasteiger partial charge in [-0.15, -0.1) is 12.4 Å². The van der Waals surface area contributed by atoms with Crippen molar-refractivity contribution in [2.75, 3.05) is 12.3 Å². The predicted octanol–water partition coefficient (Wildman–Crippen LogP) is 5.08. The summed E-state index contributed by atoms with van der Waals surface area (Å²) in [5, 5.41) is 0. The Kier molecular flexibility index (Phi) is 7.52. The monoisotopic (exact) mass is 372 g/mol. The standard InChI is InChI=1S/C22H28N2O.ClH/c1-17-8-7-10-19(16-17)21-12-3-2-6-15-24(21)22(25)14-13-18-9-4-5-11-20(18)23;/h4-5,7-11,16,21H,2-3,6,12-15,23H2,1H3;1H. The number of halogens is 1. The molecule has 2 aromatic rings. The lowest BCUT2D eigenvalue weighted by Gasteiger charge is -2.31. The zero-order valence-corrected chi connectivity index (χ0v) is 16.3. The van der Waals surface area contributed by atoms with E-state index in [0.717, 1.165) is 30.6 Å². The summed E-state index contributed by atoms with van der Waals surface area (Å²) in [5.74, 6) is 0.247. The highest BCUT2D eigenvalue weighted by Crippen LogP contribution is 2.31. The smallest absolute Gasteiger partial charge is 0.223 e. The number of nitrogens with two attached hydrogens (primary N) is 1. The van der Waals surface area contributed by atoms with E-state index in [2.05, 4.69) is 36.1 Å². The average molecular weight is 373 g/mol. The van der Waals surface area contributed by atoms with E-state index in [0.29, 0.717) is 12.8 Å². The van der Waals surface area contributed by atoms with Gasteiger partial charge >= 0.3 is 0 Å². The van der Waals surface area contributed by atoms with Crippen LogP contribution < -0.4 is 5.73 Å². The number of amides is 1. The molecule has 0 bridgehead atoms. The Morgan fingerprint density at radius 3 is 2.69 bits per heavy atom. The minimum Gasteiger partial charge on any atom is -0.399 e. The molecular formula is C22H29ClN2O. The first kappa shape index (κ1) is 20.3. The Morgan fingerprint density at radius 2 is 1.92 bits per heavy atom. The van der Waals surface area contributed by atoms with Crippen LogP contribution in [0.1, 0.15) is 54.8 Å². The molecule has 0 spiro atoms. The van der Waals surface area contributed by atoms with Gasteiger partial charge in [0.25, 0.3) is 0 Å². The first-order valence-corrected chi connectivity index (χ1v) is 9.34. The number of benzene rings is 2.